The van der Waals surface area contributed by atoms with Crippen LogP contribution in [0, 0.1) is 0 Å². The molecule has 3 aromatic rings. The Morgan fingerprint density at radius 1 is 0.969 bits per heavy atom. The molecule has 1 aliphatic rings. The lowest BCUT2D eigenvalue weighted by atomic mass is 9.99. The number of sulfone groups is 1. The average molecular weight is 449 g/mol. The fraction of sp³-hybridized carbons (Fsp3) is 0.269. The first kappa shape index (κ1) is 22.2. The van der Waals surface area contributed by atoms with E-state index < -0.39 is 9.84 Å². The van der Waals surface area contributed by atoms with Gasteiger partial charge in [0.15, 0.2) is 9.84 Å². The molecule has 1 aliphatic heterocycles. The van der Waals surface area contributed by atoms with Crippen molar-refractivity contribution in [3.05, 3.63) is 101 Å². The quantitative estimate of drug-likeness (QED) is 0.616. The number of carbonyl (C=O) groups is 1. The molecule has 0 aromatic heterocycles. The van der Waals surface area contributed by atoms with Crippen LogP contribution in [-0.2, 0) is 29.3 Å². The molecule has 1 unspecified atom stereocenters. The van der Waals surface area contributed by atoms with Gasteiger partial charge in [0, 0.05) is 31.5 Å². The highest BCUT2D eigenvalue weighted by molar-refractivity contribution is 7.90. The molecule has 0 saturated heterocycles. The Morgan fingerprint density at radius 2 is 1.62 bits per heavy atom. The number of rotatable bonds is 6. The van der Waals surface area contributed by atoms with Crippen molar-refractivity contribution in [2.75, 3.05) is 12.8 Å². The molecule has 0 aliphatic carbocycles. The number of benzene rings is 3. The van der Waals surface area contributed by atoms with E-state index in [-0.39, 0.29) is 16.8 Å². The van der Waals surface area contributed by atoms with E-state index in [9.17, 15) is 13.2 Å². The van der Waals surface area contributed by atoms with Gasteiger partial charge >= 0.3 is 0 Å². The maximum atomic E-state index is 12.7. The van der Waals surface area contributed by atoms with E-state index >= 15 is 0 Å². The zero-order chi connectivity index (χ0) is 22.7. The second-order valence-electron chi connectivity index (χ2n) is 8.46. The summed E-state index contributed by atoms with van der Waals surface area (Å²) in [7, 11) is -3.23. The van der Waals surface area contributed by atoms with Crippen LogP contribution in [0.2, 0.25) is 0 Å². The maximum Gasteiger partial charge on any atom is 0.251 e. The molecule has 0 radical (unpaired) electrons. The molecule has 1 heterocycles. The van der Waals surface area contributed by atoms with Gasteiger partial charge in [-0.05, 0) is 59.9 Å². The van der Waals surface area contributed by atoms with Gasteiger partial charge in [0.25, 0.3) is 5.91 Å². The third kappa shape index (κ3) is 5.26. The summed E-state index contributed by atoms with van der Waals surface area (Å²) in [6.07, 6.45) is 2.25. The minimum Gasteiger partial charge on any atom is -0.346 e. The number of carbonyl (C=O) groups excluding carboxylic acids is 1. The van der Waals surface area contributed by atoms with Gasteiger partial charge in [0.05, 0.1) is 10.9 Å². The summed E-state index contributed by atoms with van der Waals surface area (Å²) in [5.74, 6) is -0.150. The number of nitrogens with one attached hydrogen (secondary N) is 1. The SMILES string of the molecule is CC(NC(=O)c1ccc(CN2CCc3ccccc3C2)cc1)c1ccc(S(C)(=O)=O)cc1. The molecule has 1 N–H and O–H groups in total. The fourth-order valence-electron chi connectivity index (χ4n) is 4.08. The van der Waals surface area contributed by atoms with Gasteiger partial charge in [0.2, 0.25) is 0 Å². The van der Waals surface area contributed by atoms with E-state index in [2.05, 4.69) is 34.5 Å². The Balaban J connectivity index is 1.35. The summed E-state index contributed by atoms with van der Waals surface area (Å²) >= 11 is 0. The lowest BCUT2D eigenvalue weighted by molar-refractivity contribution is 0.0940. The first-order valence-corrected chi connectivity index (χ1v) is 12.7. The maximum absolute atomic E-state index is 12.7. The van der Waals surface area contributed by atoms with Gasteiger partial charge in [-0.1, -0.05) is 48.5 Å². The van der Waals surface area contributed by atoms with Crippen LogP contribution in [0.15, 0.2) is 77.7 Å². The van der Waals surface area contributed by atoms with E-state index in [1.165, 1.54) is 22.9 Å². The fourth-order valence-corrected chi connectivity index (χ4v) is 4.71. The van der Waals surface area contributed by atoms with Gasteiger partial charge in [0.1, 0.15) is 0 Å². The van der Waals surface area contributed by atoms with Gasteiger partial charge in [-0.15, -0.1) is 0 Å². The molecule has 1 atom stereocenters. The predicted molar refractivity (Wildman–Crippen MR) is 126 cm³/mol. The number of hydrogen-bond donors (Lipinski definition) is 1. The van der Waals surface area contributed by atoms with Crippen molar-refractivity contribution in [3.63, 3.8) is 0 Å². The second-order valence-corrected chi connectivity index (χ2v) is 10.5. The van der Waals surface area contributed by atoms with Crippen LogP contribution in [0.3, 0.4) is 0 Å². The number of hydrogen-bond acceptors (Lipinski definition) is 4. The lowest BCUT2D eigenvalue weighted by Crippen LogP contribution is -2.30. The van der Waals surface area contributed by atoms with Crippen molar-refractivity contribution in [1.82, 2.24) is 10.2 Å². The highest BCUT2D eigenvalue weighted by Gasteiger charge is 2.17. The van der Waals surface area contributed by atoms with Crippen molar-refractivity contribution in [2.45, 2.75) is 37.4 Å². The topological polar surface area (TPSA) is 66.5 Å². The van der Waals surface area contributed by atoms with E-state index in [1.54, 1.807) is 24.3 Å². The zero-order valence-corrected chi connectivity index (χ0v) is 19.2. The molecule has 0 bridgehead atoms. The van der Waals surface area contributed by atoms with Crippen LogP contribution in [-0.4, -0.2) is 32.0 Å². The Labute approximate surface area is 190 Å². The predicted octanol–water partition coefficient (Wildman–Crippen LogP) is 4.14. The van der Waals surface area contributed by atoms with E-state index in [0.717, 1.165) is 31.6 Å². The van der Waals surface area contributed by atoms with Crippen molar-refractivity contribution in [2.24, 2.45) is 0 Å². The molecule has 5 nitrogen and oxygen atoms in total. The largest absolute Gasteiger partial charge is 0.346 e. The van der Waals surface area contributed by atoms with Gasteiger partial charge in [-0.2, -0.15) is 0 Å². The smallest absolute Gasteiger partial charge is 0.251 e. The van der Waals surface area contributed by atoms with Crippen LogP contribution < -0.4 is 5.32 Å². The molecule has 6 heteroatoms. The van der Waals surface area contributed by atoms with Gasteiger partial charge in [-0.25, -0.2) is 8.42 Å². The molecule has 0 saturated carbocycles. The number of amides is 1. The van der Waals surface area contributed by atoms with Crippen LogP contribution in [0.5, 0.6) is 0 Å². The third-order valence-corrected chi connectivity index (χ3v) is 7.12. The Hall–Kier alpha value is -2.96. The normalized spacial score (nSPS) is 15.1. The van der Waals surface area contributed by atoms with Crippen LogP contribution in [0.4, 0.5) is 0 Å². The summed E-state index contributed by atoms with van der Waals surface area (Å²) in [4.78, 5) is 15.4. The summed E-state index contributed by atoms with van der Waals surface area (Å²) in [6, 6.07) is 22.7. The lowest BCUT2D eigenvalue weighted by Gasteiger charge is -2.28. The highest BCUT2D eigenvalue weighted by atomic mass is 32.2. The van der Waals surface area contributed by atoms with E-state index in [0.29, 0.717) is 5.56 Å². The number of fused-ring (bicyclic) bond motifs is 1. The molecule has 32 heavy (non-hydrogen) atoms. The minimum atomic E-state index is -3.23. The second kappa shape index (κ2) is 9.27. The standard InChI is InChI=1S/C26H28N2O3S/c1-19(21-11-13-25(14-12-21)32(2,30)31)27-26(29)23-9-7-20(8-10-23)17-28-16-15-22-5-3-4-6-24(22)18-28/h3-14,19H,15-18H2,1-2H3,(H,27,29). The van der Waals surface area contributed by atoms with E-state index in [4.69, 9.17) is 0 Å². The van der Waals surface area contributed by atoms with Crippen LogP contribution >= 0.6 is 0 Å². The molecular formula is C26H28N2O3S. The van der Waals surface area contributed by atoms with Crippen molar-refractivity contribution >= 4 is 15.7 Å². The van der Waals surface area contributed by atoms with Crippen molar-refractivity contribution in [3.8, 4) is 0 Å². The van der Waals surface area contributed by atoms with Crippen molar-refractivity contribution < 1.29 is 13.2 Å². The number of nitrogens with zero attached hydrogens (tertiary/aromatic N) is 1. The third-order valence-electron chi connectivity index (χ3n) is 5.99. The van der Waals surface area contributed by atoms with E-state index in [1.807, 2.05) is 31.2 Å². The first-order chi connectivity index (χ1) is 15.3. The Kier molecular flexibility index (Phi) is 6.44. The van der Waals surface area contributed by atoms with Crippen LogP contribution in [0.1, 0.15) is 45.6 Å². The molecule has 0 spiro atoms. The Bertz CT molecular complexity index is 1200. The molecule has 1 amide bonds. The first-order valence-electron chi connectivity index (χ1n) is 10.8. The molecule has 4 rings (SSSR count). The highest BCUT2D eigenvalue weighted by Crippen LogP contribution is 2.21. The molecule has 3 aromatic carbocycles. The van der Waals surface area contributed by atoms with Crippen LogP contribution in [0.25, 0.3) is 0 Å². The Morgan fingerprint density at radius 3 is 2.28 bits per heavy atom. The summed E-state index contributed by atoms with van der Waals surface area (Å²) in [5.41, 5.74) is 5.49. The van der Waals surface area contributed by atoms with Gasteiger partial charge in [-0.3, -0.25) is 9.69 Å². The minimum absolute atomic E-state index is 0.150. The molecule has 0 fully saturated rings. The van der Waals surface area contributed by atoms with Crippen molar-refractivity contribution in [1.29, 1.82) is 0 Å². The molecular weight excluding hydrogens is 420 g/mol. The average Bonchev–Trinajstić information content (AvgIpc) is 2.79. The zero-order valence-electron chi connectivity index (χ0n) is 18.4. The van der Waals surface area contributed by atoms with Gasteiger partial charge < -0.3 is 5.32 Å². The summed E-state index contributed by atoms with van der Waals surface area (Å²) in [6.45, 7) is 4.73. The summed E-state index contributed by atoms with van der Waals surface area (Å²) < 4.78 is 23.2. The molecule has 166 valence electrons. The monoisotopic (exact) mass is 448 g/mol. The summed E-state index contributed by atoms with van der Waals surface area (Å²) in [5, 5.41) is 2.98.